The van der Waals surface area contributed by atoms with Crippen molar-refractivity contribution in [2.45, 2.75) is 38.6 Å². The van der Waals surface area contributed by atoms with Gasteiger partial charge >= 0.3 is 0 Å². The van der Waals surface area contributed by atoms with Gasteiger partial charge in [0.05, 0.1) is 0 Å². The number of hydrogen-bond acceptors (Lipinski definition) is 3. The first-order chi connectivity index (χ1) is 10.3. The van der Waals surface area contributed by atoms with Crippen LogP contribution in [-0.2, 0) is 17.6 Å². The van der Waals surface area contributed by atoms with Gasteiger partial charge in [-0.05, 0) is 56.7 Å². The van der Waals surface area contributed by atoms with Crippen molar-refractivity contribution in [2.24, 2.45) is 5.92 Å². The van der Waals surface area contributed by atoms with Crippen LogP contribution in [-0.4, -0.2) is 39.4 Å². The predicted octanol–water partition coefficient (Wildman–Crippen LogP) is 2.63. The summed E-state index contributed by atoms with van der Waals surface area (Å²) in [4.78, 5) is 2.64. The topological polar surface area (TPSA) is 24.5 Å². The Morgan fingerprint density at radius 3 is 2.90 bits per heavy atom. The lowest BCUT2D eigenvalue weighted by Crippen LogP contribution is -2.32. The molecule has 2 aliphatic rings. The van der Waals surface area contributed by atoms with E-state index in [0.717, 1.165) is 25.6 Å². The molecule has 0 radical (unpaired) electrons. The molecule has 116 valence electrons. The normalized spacial score (nSPS) is 20.6. The van der Waals surface area contributed by atoms with Crippen molar-refractivity contribution in [1.82, 2.24) is 5.32 Å². The average Bonchev–Trinajstić information content (AvgIpc) is 2.92. The van der Waals surface area contributed by atoms with Crippen LogP contribution >= 0.6 is 0 Å². The average molecular weight is 288 g/mol. The molecule has 3 nitrogen and oxygen atoms in total. The van der Waals surface area contributed by atoms with Crippen molar-refractivity contribution in [3.63, 3.8) is 0 Å². The fourth-order valence-electron chi connectivity index (χ4n) is 3.64. The Morgan fingerprint density at radius 1 is 1.33 bits per heavy atom. The van der Waals surface area contributed by atoms with Crippen LogP contribution in [0.15, 0.2) is 18.2 Å². The molecule has 1 unspecified atom stereocenters. The maximum Gasteiger partial charge on any atom is 0.0469 e. The van der Waals surface area contributed by atoms with E-state index in [0.29, 0.717) is 6.04 Å². The maximum atomic E-state index is 5.50. The van der Waals surface area contributed by atoms with Gasteiger partial charge in [0, 0.05) is 38.0 Å². The van der Waals surface area contributed by atoms with E-state index >= 15 is 0 Å². The number of nitrogens with one attached hydrogen (secondary N) is 1. The van der Waals surface area contributed by atoms with Gasteiger partial charge in [-0.1, -0.05) is 18.2 Å². The van der Waals surface area contributed by atoms with Gasteiger partial charge in [0.25, 0.3) is 0 Å². The predicted molar refractivity (Wildman–Crippen MR) is 88.1 cm³/mol. The zero-order valence-electron chi connectivity index (χ0n) is 13.4. The van der Waals surface area contributed by atoms with Gasteiger partial charge < -0.3 is 15.0 Å². The standard InChI is InChI=1S/C18H28N2O/c1-14(19-2)12-17-5-3-4-16-6-9-20(18(16)17)13-15-7-10-21-11-8-15/h3-5,14-15,19H,6-13H2,1-2H3. The monoisotopic (exact) mass is 288 g/mol. The molecular weight excluding hydrogens is 260 g/mol. The van der Waals surface area contributed by atoms with Gasteiger partial charge in [-0.25, -0.2) is 0 Å². The first kappa shape index (κ1) is 14.9. The number of ether oxygens (including phenoxy) is 1. The summed E-state index contributed by atoms with van der Waals surface area (Å²) in [5, 5.41) is 3.37. The number of nitrogens with zero attached hydrogens (tertiary/aromatic N) is 1. The fraction of sp³-hybridized carbons (Fsp3) is 0.667. The number of hydrogen-bond donors (Lipinski definition) is 1. The van der Waals surface area contributed by atoms with E-state index in [1.165, 1.54) is 43.6 Å². The lowest BCUT2D eigenvalue weighted by Gasteiger charge is -2.30. The van der Waals surface area contributed by atoms with Crippen LogP contribution in [0.3, 0.4) is 0 Å². The van der Waals surface area contributed by atoms with E-state index in [2.05, 4.69) is 35.3 Å². The summed E-state index contributed by atoms with van der Waals surface area (Å²) in [5.74, 6) is 0.805. The van der Waals surface area contributed by atoms with Crippen LogP contribution < -0.4 is 10.2 Å². The maximum absolute atomic E-state index is 5.50. The number of likely N-dealkylation sites (N-methyl/N-ethyl adjacent to an activating group) is 1. The summed E-state index contributed by atoms with van der Waals surface area (Å²) < 4.78 is 5.50. The first-order valence-corrected chi connectivity index (χ1v) is 8.38. The Bertz CT molecular complexity index is 468. The number of benzene rings is 1. The lowest BCUT2D eigenvalue weighted by atomic mass is 9.98. The van der Waals surface area contributed by atoms with Crippen LogP contribution in [0.2, 0.25) is 0 Å². The van der Waals surface area contributed by atoms with E-state index in [1.54, 1.807) is 5.56 Å². The molecule has 1 fully saturated rings. The molecule has 2 heterocycles. The smallest absolute Gasteiger partial charge is 0.0469 e. The molecule has 1 N–H and O–H groups in total. The molecule has 1 atom stereocenters. The highest BCUT2D eigenvalue weighted by Crippen LogP contribution is 2.34. The minimum atomic E-state index is 0.530. The van der Waals surface area contributed by atoms with E-state index in [4.69, 9.17) is 4.74 Å². The minimum absolute atomic E-state index is 0.530. The fourth-order valence-corrected chi connectivity index (χ4v) is 3.64. The third kappa shape index (κ3) is 3.41. The van der Waals surface area contributed by atoms with Crippen LogP contribution in [0.5, 0.6) is 0 Å². The second-order valence-corrected chi connectivity index (χ2v) is 6.57. The molecule has 0 bridgehead atoms. The molecule has 0 aliphatic carbocycles. The van der Waals surface area contributed by atoms with Gasteiger partial charge in [-0.15, -0.1) is 0 Å². The molecule has 0 spiro atoms. The summed E-state index contributed by atoms with van der Waals surface area (Å²) in [5.41, 5.74) is 4.59. The summed E-state index contributed by atoms with van der Waals surface area (Å²) in [6.07, 6.45) is 4.77. The van der Waals surface area contributed by atoms with Crippen molar-refractivity contribution < 1.29 is 4.74 Å². The lowest BCUT2D eigenvalue weighted by molar-refractivity contribution is 0.0683. The molecule has 0 aromatic heterocycles. The molecule has 1 aromatic carbocycles. The Balaban J connectivity index is 1.75. The van der Waals surface area contributed by atoms with Crippen LogP contribution in [0.4, 0.5) is 5.69 Å². The molecule has 3 heteroatoms. The highest BCUT2D eigenvalue weighted by atomic mass is 16.5. The van der Waals surface area contributed by atoms with E-state index < -0.39 is 0 Å². The summed E-state index contributed by atoms with van der Waals surface area (Å²) in [7, 11) is 2.05. The van der Waals surface area contributed by atoms with E-state index in [9.17, 15) is 0 Å². The van der Waals surface area contributed by atoms with Crippen molar-refractivity contribution in [2.75, 3.05) is 38.3 Å². The molecule has 1 saturated heterocycles. The second kappa shape index (κ2) is 6.80. The third-order valence-electron chi connectivity index (χ3n) is 5.01. The van der Waals surface area contributed by atoms with Crippen LogP contribution in [0.1, 0.15) is 30.9 Å². The van der Waals surface area contributed by atoms with Crippen molar-refractivity contribution in [3.8, 4) is 0 Å². The third-order valence-corrected chi connectivity index (χ3v) is 5.01. The van der Waals surface area contributed by atoms with Crippen LogP contribution in [0.25, 0.3) is 0 Å². The van der Waals surface area contributed by atoms with Crippen molar-refractivity contribution in [3.05, 3.63) is 29.3 Å². The van der Waals surface area contributed by atoms with Crippen LogP contribution in [0, 0.1) is 5.92 Å². The van der Waals surface area contributed by atoms with E-state index in [-0.39, 0.29) is 0 Å². The van der Waals surface area contributed by atoms with Gasteiger partial charge in [-0.2, -0.15) is 0 Å². The second-order valence-electron chi connectivity index (χ2n) is 6.57. The van der Waals surface area contributed by atoms with E-state index in [1.807, 2.05) is 7.05 Å². The van der Waals surface area contributed by atoms with Gasteiger partial charge in [0.15, 0.2) is 0 Å². The molecule has 0 saturated carbocycles. The Kier molecular flexibility index (Phi) is 4.81. The number of fused-ring (bicyclic) bond motifs is 1. The summed E-state index contributed by atoms with van der Waals surface area (Å²) in [6.45, 7) is 6.56. The first-order valence-electron chi connectivity index (χ1n) is 8.38. The van der Waals surface area contributed by atoms with Gasteiger partial charge in [0.1, 0.15) is 0 Å². The summed E-state index contributed by atoms with van der Waals surface area (Å²) >= 11 is 0. The quantitative estimate of drug-likeness (QED) is 0.901. The minimum Gasteiger partial charge on any atom is -0.381 e. The van der Waals surface area contributed by atoms with Crippen molar-refractivity contribution >= 4 is 5.69 Å². The Morgan fingerprint density at radius 2 is 2.14 bits per heavy atom. The Hall–Kier alpha value is -1.06. The SMILES string of the molecule is CNC(C)Cc1cccc2c1N(CC1CCOCC1)CC2. The number of rotatable bonds is 5. The molecular formula is C18H28N2O. The van der Waals surface area contributed by atoms with Gasteiger partial charge in [-0.3, -0.25) is 0 Å². The number of anilines is 1. The Labute approximate surface area is 128 Å². The molecule has 3 rings (SSSR count). The zero-order valence-corrected chi connectivity index (χ0v) is 13.4. The highest BCUT2D eigenvalue weighted by Gasteiger charge is 2.25. The molecule has 1 aromatic rings. The highest BCUT2D eigenvalue weighted by molar-refractivity contribution is 5.63. The summed E-state index contributed by atoms with van der Waals surface area (Å²) in [6, 6.07) is 7.39. The largest absolute Gasteiger partial charge is 0.381 e. The zero-order chi connectivity index (χ0) is 14.7. The number of para-hydroxylation sites is 1. The van der Waals surface area contributed by atoms with Gasteiger partial charge in [0.2, 0.25) is 0 Å². The molecule has 0 amide bonds. The molecule has 21 heavy (non-hydrogen) atoms. The van der Waals surface area contributed by atoms with Crippen molar-refractivity contribution in [1.29, 1.82) is 0 Å². The molecule has 2 aliphatic heterocycles.